The summed E-state index contributed by atoms with van der Waals surface area (Å²) in [5.41, 5.74) is -0.248. The van der Waals surface area contributed by atoms with Crippen LogP contribution in [0.5, 0.6) is 0 Å². The van der Waals surface area contributed by atoms with E-state index >= 15 is 0 Å². The van der Waals surface area contributed by atoms with E-state index in [1.165, 1.54) is 12.1 Å². The molecule has 0 unspecified atom stereocenters. The topological polar surface area (TPSA) is 66.5 Å². The van der Waals surface area contributed by atoms with Crippen LogP contribution in [0.2, 0.25) is 5.02 Å². The molecule has 2 rings (SSSR count). The van der Waals surface area contributed by atoms with Crippen molar-refractivity contribution in [3.63, 3.8) is 0 Å². The molecular weight excluding hydrogens is 307 g/mol. The van der Waals surface area contributed by atoms with Gasteiger partial charge in [0.1, 0.15) is 5.82 Å². The van der Waals surface area contributed by atoms with Gasteiger partial charge in [-0.25, -0.2) is 4.39 Å². The maximum atomic E-state index is 13.5. The SMILES string of the molecule is O=C(NCCN1C(=O)CSC1=O)c1c(F)cccc1Cl. The second-order valence-electron chi connectivity index (χ2n) is 3.95. The third-order valence-corrected chi connectivity index (χ3v) is 3.82. The summed E-state index contributed by atoms with van der Waals surface area (Å²) in [5, 5.41) is 2.10. The molecule has 0 saturated carbocycles. The molecule has 1 aliphatic rings. The third kappa shape index (κ3) is 3.10. The number of amides is 3. The smallest absolute Gasteiger partial charge is 0.288 e. The van der Waals surface area contributed by atoms with Gasteiger partial charge in [0, 0.05) is 13.1 Å². The number of hydrogen-bond donors (Lipinski definition) is 1. The molecule has 1 N–H and O–H groups in total. The van der Waals surface area contributed by atoms with Crippen molar-refractivity contribution >= 4 is 40.4 Å². The largest absolute Gasteiger partial charge is 0.350 e. The van der Waals surface area contributed by atoms with Gasteiger partial charge < -0.3 is 5.32 Å². The van der Waals surface area contributed by atoms with Crippen LogP contribution in [-0.4, -0.2) is 40.8 Å². The normalized spacial score (nSPS) is 14.8. The van der Waals surface area contributed by atoms with Gasteiger partial charge >= 0.3 is 0 Å². The molecule has 1 aliphatic heterocycles. The van der Waals surface area contributed by atoms with Crippen molar-refractivity contribution in [3.05, 3.63) is 34.6 Å². The van der Waals surface area contributed by atoms with E-state index in [0.29, 0.717) is 0 Å². The van der Waals surface area contributed by atoms with Gasteiger partial charge in [-0.2, -0.15) is 0 Å². The highest BCUT2D eigenvalue weighted by Crippen LogP contribution is 2.19. The first-order valence-electron chi connectivity index (χ1n) is 5.70. The Labute approximate surface area is 123 Å². The standard InChI is InChI=1S/C12H10ClFN2O3S/c13-7-2-1-3-8(14)10(7)11(18)15-4-5-16-9(17)6-20-12(16)19/h1-3H,4-6H2,(H,15,18). The van der Waals surface area contributed by atoms with Gasteiger partial charge in [-0.15, -0.1) is 0 Å². The number of halogens is 2. The summed E-state index contributed by atoms with van der Waals surface area (Å²) in [6, 6.07) is 3.93. The summed E-state index contributed by atoms with van der Waals surface area (Å²) in [7, 11) is 0. The van der Waals surface area contributed by atoms with Crippen LogP contribution in [0.25, 0.3) is 0 Å². The average Bonchev–Trinajstić information content (AvgIpc) is 2.70. The lowest BCUT2D eigenvalue weighted by Gasteiger charge is -2.13. The zero-order valence-corrected chi connectivity index (χ0v) is 11.8. The minimum Gasteiger partial charge on any atom is -0.350 e. The Morgan fingerprint density at radius 3 is 2.80 bits per heavy atom. The number of imide groups is 1. The molecule has 1 fully saturated rings. The second kappa shape index (κ2) is 6.23. The molecule has 1 aromatic rings. The molecule has 1 aromatic carbocycles. The number of nitrogens with one attached hydrogen (secondary N) is 1. The lowest BCUT2D eigenvalue weighted by Crippen LogP contribution is -2.37. The molecule has 0 radical (unpaired) electrons. The molecule has 8 heteroatoms. The molecule has 0 aliphatic carbocycles. The van der Waals surface area contributed by atoms with Gasteiger partial charge in [-0.1, -0.05) is 29.4 Å². The Morgan fingerprint density at radius 2 is 2.20 bits per heavy atom. The predicted molar refractivity (Wildman–Crippen MR) is 73.3 cm³/mol. The predicted octanol–water partition coefficient (Wildman–Crippen LogP) is 1.90. The Kier molecular flexibility index (Phi) is 4.61. The molecule has 5 nitrogen and oxygen atoms in total. The number of hydrogen-bond acceptors (Lipinski definition) is 4. The van der Waals surface area contributed by atoms with Gasteiger partial charge in [-0.05, 0) is 12.1 Å². The first kappa shape index (κ1) is 14.8. The van der Waals surface area contributed by atoms with Crippen molar-refractivity contribution in [2.45, 2.75) is 0 Å². The van der Waals surface area contributed by atoms with Crippen LogP contribution in [0.15, 0.2) is 18.2 Å². The summed E-state index contributed by atoms with van der Waals surface area (Å²) in [5.74, 6) is -1.58. The molecule has 0 bridgehead atoms. The summed E-state index contributed by atoms with van der Waals surface area (Å²) in [6.07, 6.45) is 0. The van der Waals surface area contributed by atoms with Crippen molar-refractivity contribution in [1.29, 1.82) is 0 Å². The summed E-state index contributed by atoms with van der Waals surface area (Å²) < 4.78 is 13.5. The maximum absolute atomic E-state index is 13.5. The van der Waals surface area contributed by atoms with Crippen LogP contribution in [0.4, 0.5) is 9.18 Å². The highest BCUT2D eigenvalue weighted by molar-refractivity contribution is 8.14. The van der Waals surface area contributed by atoms with E-state index in [-0.39, 0.29) is 40.6 Å². The van der Waals surface area contributed by atoms with E-state index in [1.54, 1.807) is 0 Å². The van der Waals surface area contributed by atoms with E-state index in [4.69, 9.17) is 11.6 Å². The summed E-state index contributed by atoms with van der Waals surface area (Å²) >= 11 is 6.67. The minimum atomic E-state index is -0.723. The van der Waals surface area contributed by atoms with Gasteiger partial charge in [0.05, 0.1) is 16.3 Å². The molecule has 3 amide bonds. The molecule has 106 valence electrons. The van der Waals surface area contributed by atoms with E-state index in [1.807, 2.05) is 0 Å². The lowest BCUT2D eigenvalue weighted by molar-refractivity contribution is -0.124. The quantitative estimate of drug-likeness (QED) is 0.921. The van der Waals surface area contributed by atoms with Crippen molar-refractivity contribution in [1.82, 2.24) is 10.2 Å². The minimum absolute atomic E-state index is 0.00591. The fourth-order valence-corrected chi connectivity index (χ4v) is 2.68. The summed E-state index contributed by atoms with van der Waals surface area (Å²) in [6.45, 7) is 0.101. The number of nitrogens with zero attached hydrogens (tertiary/aromatic N) is 1. The van der Waals surface area contributed by atoms with Crippen molar-refractivity contribution in [3.8, 4) is 0 Å². The van der Waals surface area contributed by atoms with E-state index < -0.39 is 11.7 Å². The van der Waals surface area contributed by atoms with Crippen LogP contribution in [-0.2, 0) is 4.79 Å². The van der Waals surface area contributed by atoms with Gasteiger partial charge in [-0.3, -0.25) is 19.3 Å². The zero-order valence-electron chi connectivity index (χ0n) is 10.2. The fraction of sp³-hybridized carbons (Fsp3) is 0.250. The molecule has 1 heterocycles. The Hall–Kier alpha value is -1.60. The molecule has 20 heavy (non-hydrogen) atoms. The summed E-state index contributed by atoms with van der Waals surface area (Å²) in [4.78, 5) is 35.5. The first-order valence-corrected chi connectivity index (χ1v) is 7.06. The fourth-order valence-electron chi connectivity index (χ4n) is 1.68. The Bertz CT molecular complexity index is 546. The molecule has 1 saturated heterocycles. The lowest BCUT2D eigenvalue weighted by atomic mass is 10.2. The number of rotatable bonds is 4. The zero-order chi connectivity index (χ0) is 14.7. The van der Waals surface area contributed by atoms with E-state index in [9.17, 15) is 18.8 Å². The van der Waals surface area contributed by atoms with Gasteiger partial charge in [0.25, 0.3) is 11.1 Å². The number of benzene rings is 1. The first-order chi connectivity index (χ1) is 9.50. The number of carbonyl (C=O) groups excluding carboxylic acids is 3. The molecule has 0 aromatic heterocycles. The Morgan fingerprint density at radius 1 is 1.45 bits per heavy atom. The van der Waals surface area contributed by atoms with Crippen LogP contribution in [0.3, 0.4) is 0 Å². The van der Waals surface area contributed by atoms with Crippen molar-refractivity contribution in [2.75, 3.05) is 18.8 Å². The van der Waals surface area contributed by atoms with Crippen LogP contribution in [0, 0.1) is 5.82 Å². The third-order valence-electron chi connectivity index (χ3n) is 2.65. The van der Waals surface area contributed by atoms with Crippen molar-refractivity contribution in [2.24, 2.45) is 0 Å². The molecule has 0 atom stereocenters. The van der Waals surface area contributed by atoms with E-state index in [0.717, 1.165) is 22.7 Å². The number of carbonyl (C=O) groups is 3. The van der Waals surface area contributed by atoms with Gasteiger partial charge in [0.2, 0.25) is 5.91 Å². The van der Waals surface area contributed by atoms with Crippen LogP contribution in [0.1, 0.15) is 10.4 Å². The Balaban J connectivity index is 1.93. The molecule has 0 spiro atoms. The molecular formula is C12H10ClFN2O3S. The highest BCUT2D eigenvalue weighted by Gasteiger charge is 2.29. The van der Waals surface area contributed by atoms with Crippen LogP contribution >= 0.6 is 23.4 Å². The van der Waals surface area contributed by atoms with Crippen molar-refractivity contribution < 1.29 is 18.8 Å². The van der Waals surface area contributed by atoms with Crippen LogP contribution < -0.4 is 5.32 Å². The highest BCUT2D eigenvalue weighted by atomic mass is 35.5. The average molecular weight is 317 g/mol. The second-order valence-corrected chi connectivity index (χ2v) is 5.29. The monoisotopic (exact) mass is 316 g/mol. The maximum Gasteiger partial charge on any atom is 0.288 e. The van der Waals surface area contributed by atoms with E-state index in [2.05, 4.69) is 5.32 Å². The number of thioether (sulfide) groups is 1. The van der Waals surface area contributed by atoms with Gasteiger partial charge in [0.15, 0.2) is 0 Å².